The van der Waals surface area contributed by atoms with Gasteiger partial charge in [-0.05, 0) is 37.0 Å². The molecule has 1 heterocycles. The molecule has 1 aromatic carbocycles. The van der Waals surface area contributed by atoms with E-state index >= 15 is 0 Å². The lowest BCUT2D eigenvalue weighted by Crippen LogP contribution is -2.27. The number of amides is 1. The number of hydrogen-bond acceptors (Lipinski definition) is 5. The fourth-order valence-corrected chi connectivity index (χ4v) is 2.29. The molecule has 134 valence electrons. The third-order valence-electron chi connectivity index (χ3n) is 3.62. The van der Waals surface area contributed by atoms with Gasteiger partial charge in [-0.1, -0.05) is 26.0 Å². The number of carbonyl (C=O) groups is 1. The Balaban J connectivity index is 1.91. The molecule has 0 bridgehead atoms. The summed E-state index contributed by atoms with van der Waals surface area (Å²) in [6, 6.07) is 9.51. The zero-order valence-electron chi connectivity index (χ0n) is 15.3. The number of nitrogens with one attached hydrogen (secondary N) is 2. The van der Waals surface area contributed by atoms with E-state index in [9.17, 15) is 4.79 Å². The van der Waals surface area contributed by atoms with Gasteiger partial charge in [-0.3, -0.25) is 4.79 Å². The van der Waals surface area contributed by atoms with Gasteiger partial charge >= 0.3 is 0 Å². The van der Waals surface area contributed by atoms with Crippen molar-refractivity contribution in [3.05, 3.63) is 47.4 Å². The van der Waals surface area contributed by atoms with Crippen LogP contribution in [0.15, 0.2) is 30.3 Å². The van der Waals surface area contributed by atoms with Gasteiger partial charge < -0.3 is 15.4 Å². The van der Waals surface area contributed by atoms with E-state index in [0.29, 0.717) is 29.8 Å². The van der Waals surface area contributed by atoms with Crippen LogP contribution in [0.1, 0.15) is 35.7 Å². The third-order valence-corrected chi connectivity index (χ3v) is 3.62. The van der Waals surface area contributed by atoms with Crippen molar-refractivity contribution in [1.29, 1.82) is 0 Å². The molecule has 6 nitrogen and oxygen atoms in total. The fraction of sp³-hybridized carbons (Fsp3) is 0.421. The summed E-state index contributed by atoms with van der Waals surface area (Å²) in [6.07, 6.45) is 0.748. The molecule has 1 amide bonds. The monoisotopic (exact) mass is 342 g/mol. The molecule has 0 saturated heterocycles. The van der Waals surface area contributed by atoms with Crippen LogP contribution in [0.4, 0.5) is 5.82 Å². The number of anilines is 1. The summed E-state index contributed by atoms with van der Waals surface area (Å²) in [5, 5.41) is 6.14. The van der Waals surface area contributed by atoms with Gasteiger partial charge in [0.15, 0.2) is 0 Å². The summed E-state index contributed by atoms with van der Waals surface area (Å²) in [7, 11) is 1.64. The van der Waals surface area contributed by atoms with Crippen molar-refractivity contribution in [3.8, 4) is 5.75 Å². The van der Waals surface area contributed by atoms with E-state index in [2.05, 4.69) is 34.4 Å². The first-order valence-corrected chi connectivity index (χ1v) is 8.48. The second-order valence-corrected chi connectivity index (χ2v) is 6.31. The van der Waals surface area contributed by atoms with Gasteiger partial charge in [0.05, 0.1) is 7.11 Å². The van der Waals surface area contributed by atoms with Crippen molar-refractivity contribution >= 4 is 11.7 Å². The maximum absolute atomic E-state index is 12.3. The summed E-state index contributed by atoms with van der Waals surface area (Å²) in [5.74, 6) is 2.39. The molecular formula is C19H26N4O2. The highest BCUT2D eigenvalue weighted by Crippen LogP contribution is 2.11. The average molecular weight is 342 g/mol. The van der Waals surface area contributed by atoms with Crippen LogP contribution in [-0.4, -0.2) is 36.1 Å². The molecule has 25 heavy (non-hydrogen) atoms. The van der Waals surface area contributed by atoms with Crippen LogP contribution in [0.3, 0.4) is 0 Å². The SMILES string of the molecule is COc1ccc(CCNC(=O)c2cc(NCC(C)C)nc(C)n2)cc1. The van der Waals surface area contributed by atoms with Gasteiger partial charge in [-0.25, -0.2) is 9.97 Å². The molecule has 0 saturated carbocycles. The molecule has 0 aliphatic carbocycles. The highest BCUT2D eigenvalue weighted by atomic mass is 16.5. The molecule has 2 aromatic rings. The van der Waals surface area contributed by atoms with Crippen LogP contribution in [-0.2, 0) is 6.42 Å². The number of aryl methyl sites for hydroxylation is 1. The van der Waals surface area contributed by atoms with Crippen LogP contribution in [0.2, 0.25) is 0 Å². The molecule has 0 fully saturated rings. The zero-order chi connectivity index (χ0) is 18.2. The highest BCUT2D eigenvalue weighted by Gasteiger charge is 2.10. The maximum Gasteiger partial charge on any atom is 0.270 e. The molecule has 0 aliphatic heterocycles. The third kappa shape index (κ3) is 6.06. The molecule has 0 radical (unpaired) electrons. The normalized spacial score (nSPS) is 10.6. The van der Waals surface area contributed by atoms with Gasteiger partial charge in [-0.15, -0.1) is 0 Å². The predicted molar refractivity (Wildman–Crippen MR) is 99.1 cm³/mol. The van der Waals surface area contributed by atoms with Crippen LogP contribution in [0.5, 0.6) is 5.75 Å². The van der Waals surface area contributed by atoms with Crippen LogP contribution >= 0.6 is 0 Å². The Labute approximate surface area is 149 Å². The van der Waals surface area contributed by atoms with E-state index in [1.165, 1.54) is 0 Å². The molecule has 6 heteroatoms. The van der Waals surface area contributed by atoms with Crippen LogP contribution < -0.4 is 15.4 Å². The van der Waals surface area contributed by atoms with Gasteiger partial charge in [0, 0.05) is 19.2 Å². The van der Waals surface area contributed by atoms with Gasteiger partial charge in [-0.2, -0.15) is 0 Å². The Morgan fingerprint density at radius 1 is 1.20 bits per heavy atom. The van der Waals surface area contributed by atoms with E-state index in [0.717, 1.165) is 24.3 Å². The molecular weight excluding hydrogens is 316 g/mol. The van der Waals surface area contributed by atoms with Gasteiger partial charge in [0.1, 0.15) is 23.1 Å². The largest absolute Gasteiger partial charge is 0.497 e. The average Bonchev–Trinajstić information content (AvgIpc) is 2.60. The summed E-state index contributed by atoms with van der Waals surface area (Å²) in [5.41, 5.74) is 1.52. The van der Waals surface area contributed by atoms with Gasteiger partial charge in [0.2, 0.25) is 0 Å². The Bertz CT molecular complexity index is 699. The number of benzene rings is 1. The maximum atomic E-state index is 12.3. The number of ether oxygens (including phenoxy) is 1. The van der Waals surface area contributed by atoms with Crippen molar-refractivity contribution < 1.29 is 9.53 Å². The number of aromatic nitrogens is 2. The van der Waals surface area contributed by atoms with Crippen molar-refractivity contribution in [2.24, 2.45) is 5.92 Å². The summed E-state index contributed by atoms with van der Waals surface area (Å²) < 4.78 is 5.14. The van der Waals surface area contributed by atoms with Crippen LogP contribution in [0.25, 0.3) is 0 Å². The number of carbonyl (C=O) groups excluding carboxylic acids is 1. The minimum absolute atomic E-state index is 0.188. The van der Waals surface area contributed by atoms with E-state index < -0.39 is 0 Å². The topological polar surface area (TPSA) is 76.1 Å². The standard InChI is InChI=1S/C19H26N4O2/c1-13(2)12-21-18-11-17(22-14(3)23-18)19(24)20-10-9-15-5-7-16(25-4)8-6-15/h5-8,11,13H,9-10,12H2,1-4H3,(H,20,24)(H,21,22,23). The number of hydrogen-bond donors (Lipinski definition) is 2. The zero-order valence-corrected chi connectivity index (χ0v) is 15.3. The Kier molecular flexibility index (Phi) is 6.74. The van der Waals surface area contributed by atoms with Crippen LogP contribution in [0, 0.1) is 12.8 Å². The number of methoxy groups -OCH3 is 1. The summed E-state index contributed by atoms with van der Waals surface area (Å²) in [4.78, 5) is 20.9. The van der Waals surface area contributed by atoms with E-state index in [4.69, 9.17) is 4.74 Å². The lowest BCUT2D eigenvalue weighted by Gasteiger charge is -2.10. The van der Waals surface area contributed by atoms with Crippen molar-refractivity contribution in [3.63, 3.8) is 0 Å². The quantitative estimate of drug-likeness (QED) is 0.771. The molecule has 1 aromatic heterocycles. The Hall–Kier alpha value is -2.63. The minimum atomic E-state index is -0.188. The second-order valence-electron chi connectivity index (χ2n) is 6.31. The highest BCUT2D eigenvalue weighted by molar-refractivity contribution is 5.92. The first-order chi connectivity index (χ1) is 12.0. The molecule has 0 spiro atoms. The van der Waals surface area contributed by atoms with E-state index in [1.807, 2.05) is 24.3 Å². The first kappa shape index (κ1) is 18.7. The van der Waals surface area contributed by atoms with Crippen molar-refractivity contribution in [2.75, 3.05) is 25.5 Å². The molecule has 2 N–H and O–H groups in total. The summed E-state index contributed by atoms with van der Waals surface area (Å²) >= 11 is 0. The number of nitrogens with zero attached hydrogens (tertiary/aromatic N) is 2. The van der Waals surface area contributed by atoms with Crippen molar-refractivity contribution in [2.45, 2.75) is 27.2 Å². The second kappa shape index (κ2) is 9.01. The van der Waals surface area contributed by atoms with E-state index in [-0.39, 0.29) is 5.91 Å². The Morgan fingerprint density at radius 3 is 2.56 bits per heavy atom. The lowest BCUT2D eigenvalue weighted by molar-refractivity contribution is 0.0949. The van der Waals surface area contributed by atoms with E-state index in [1.54, 1.807) is 20.1 Å². The molecule has 0 unspecified atom stereocenters. The minimum Gasteiger partial charge on any atom is -0.497 e. The summed E-state index contributed by atoms with van der Waals surface area (Å²) in [6.45, 7) is 7.37. The lowest BCUT2D eigenvalue weighted by atomic mass is 10.1. The molecule has 0 aliphatic rings. The molecule has 0 atom stereocenters. The fourth-order valence-electron chi connectivity index (χ4n) is 2.29. The smallest absolute Gasteiger partial charge is 0.270 e. The Morgan fingerprint density at radius 2 is 1.92 bits per heavy atom. The molecule has 2 rings (SSSR count). The van der Waals surface area contributed by atoms with Crippen molar-refractivity contribution in [1.82, 2.24) is 15.3 Å². The first-order valence-electron chi connectivity index (χ1n) is 8.48. The number of rotatable bonds is 8. The predicted octanol–water partition coefficient (Wildman–Crippen LogP) is 2.83. The van der Waals surface area contributed by atoms with Gasteiger partial charge in [0.25, 0.3) is 5.91 Å².